The fourth-order valence-corrected chi connectivity index (χ4v) is 3.45. The van der Waals surface area contributed by atoms with Crippen LogP contribution in [0.2, 0.25) is 0 Å². The molecule has 1 spiro atoms. The quantitative estimate of drug-likeness (QED) is 0.534. The molecule has 0 aromatic rings. The molecule has 0 aliphatic heterocycles. The van der Waals surface area contributed by atoms with Crippen LogP contribution in [0.15, 0.2) is 11.6 Å². The zero-order chi connectivity index (χ0) is 8.18. The third-order valence-electron chi connectivity index (χ3n) is 4.11. The van der Waals surface area contributed by atoms with E-state index in [9.17, 15) is 4.79 Å². The molecule has 0 amide bonds. The Labute approximate surface area is 72.8 Å². The highest BCUT2D eigenvalue weighted by Crippen LogP contribution is 2.58. The summed E-state index contributed by atoms with van der Waals surface area (Å²) in [6.45, 7) is 0. The summed E-state index contributed by atoms with van der Waals surface area (Å²) in [6, 6.07) is 0. The summed E-state index contributed by atoms with van der Waals surface area (Å²) in [5, 5.41) is 0. The van der Waals surface area contributed by atoms with Gasteiger partial charge in [-0.05, 0) is 50.0 Å². The third kappa shape index (κ3) is 0.675. The van der Waals surface area contributed by atoms with Crippen molar-refractivity contribution in [1.82, 2.24) is 0 Å². The van der Waals surface area contributed by atoms with E-state index in [2.05, 4.69) is 0 Å². The Hall–Kier alpha value is -0.590. The zero-order valence-electron chi connectivity index (χ0n) is 7.31. The molecule has 3 aliphatic carbocycles. The van der Waals surface area contributed by atoms with Crippen molar-refractivity contribution in [2.45, 2.75) is 38.5 Å². The number of fused-ring (bicyclic) bond motifs is 1. The molecule has 1 nitrogen and oxygen atoms in total. The van der Waals surface area contributed by atoms with Gasteiger partial charge < -0.3 is 0 Å². The van der Waals surface area contributed by atoms with E-state index in [0.29, 0.717) is 17.1 Å². The minimum atomic E-state index is 0.409. The molecular formula is C11H14O. The van der Waals surface area contributed by atoms with E-state index in [4.69, 9.17) is 0 Å². The molecule has 0 heterocycles. The minimum absolute atomic E-state index is 0.409. The van der Waals surface area contributed by atoms with E-state index >= 15 is 0 Å². The molecule has 3 rings (SSSR count). The van der Waals surface area contributed by atoms with Crippen LogP contribution >= 0.6 is 0 Å². The Morgan fingerprint density at radius 2 is 2.33 bits per heavy atom. The Kier molecular flexibility index (Phi) is 1.15. The highest BCUT2D eigenvalue weighted by molar-refractivity contribution is 5.94. The predicted molar refractivity (Wildman–Crippen MR) is 46.7 cm³/mol. The van der Waals surface area contributed by atoms with Crippen LogP contribution in [0, 0.1) is 11.3 Å². The standard InChI is InChI=1S/C11H14O/c12-10-6-9-2-1-4-11(9)5-3-8(10)7-11/h6,8H,1-5,7H2. The van der Waals surface area contributed by atoms with Gasteiger partial charge in [-0.2, -0.15) is 0 Å². The number of ketones is 1. The Balaban J connectivity index is 2.11. The molecule has 2 saturated carbocycles. The highest BCUT2D eigenvalue weighted by atomic mass is 16.1. The van der Waals surface area contributed by atoms with Gasteiger partial charge in [0.25, 0.3) is 0 Å². The predicted octanol–water partition coefficient (Wildman–Crippen LogP) is 2.47. The normalized spacial score (nSPS) is 44.5. The van der Waals surface area contributed by atoms with Crippen molar-refractivity contribution >= 4 is 5.78 Å². The van der Waals surface area contributed by atoms with Crippen molar-refractivity contribution in [3.05, 3.63) is 11.6 Å². The first-order chi connectivity index (χ1) is 5.80. The monoisotopic (exact) mass is 162 g/mol. The summed E-state index contributed by atoms with van der Waals surface area (Å²) >= 11 is 0. The van der Waals surface area contributed by atoms with Crippen LogP contribution < -0.4 is 0 Å². The Morgan fingerprint density at radius 1 is 1.42 bits per heavy atom. The molecule has 64 valence electrons. The molecule has 0 radical (unpaired) electrons. The van der Waals surface area contributed by atoms with Crippen molar-refractivity contribution in [2.24, 2.45) is 11.3 Å². The fraction of sp³-hybridized carbons (Fsp3) is 0.727. The molecule has 2 atom stereocenters. The van der Waals surface area contributed by atoms with E-state index in [-0.39, 0.29) is 0 Å². The second-order valence-corrected chi connectivity index (χ2v) is 4.65. The van der Waals surface area contributed by atoms with Crippen molar-refractivity contribution in [3.63, 3.8) is 0 Å². The van der Waals surface area contributed by atoms with E-state index in [1.807, 2.05) is 6.08 Å². The van der Waals surface area contributed by atoms with Crippen LogP contribution in [0.1, 0.15) is 38.5 Å². The molecule has 0 aromatic carbocycles. The van der Waals surface area contributed by atoms with E-state index in [1.165, 1.54) is 44.1 Å². The van der Waals surface area contributed by atoms with Gasteiger partial charge in [0.05, 0.1) is 0 Å². The zero-order valence-corrected chi connectivity index (χ0v) is 7.31. The molecular weight excluding hydrogens is 148 g/mol. The molecule has 2 fully saturated rings. The van der Waals surface area contributed by atoms with Gasteiger partial charge in [0.15, 0.2) is 5.78 Å². The summed E-state index contributed by atoms with van der Waals surface area (Å²) < 4.78 is 0. The molecule has 1 heteroatoms. The maximum atomic E-state index is 11.5. The summed E-state index contributed by atoms with van der Waals surface area (Å²) in [5.41, 5.74) is 2.03. The van der Waals surface area contributed by atoms with Crippen LogP contribution in [0.5, 0.6) is 0 Å². The molecule has 0 aromatic heterocycles. The first-order valence-electron chi connectivity index (χ1n) is 5.05. The number of carbonyl (C=O) groups is 1. The maximum absolute atomic E-state index is 11.5. The van der Waals surface area contributed by atoms with Crippen molar-refractivity contribution < 1.29 is 4.79 Å². The molecule has 0 N–H and O–H groups in total. The fourth-order valence-electron chi connectivity index (χ4n) is 3.45. The Morgan fingerprint density at radius 3 is 3.25 bits per heavy atom. The number of rotatable bonds is 0. The summed E-state index contributed by atoms with van der Waals surface area (Å²) in [5.74, 6) is 0.840. The number of hydrogen-bond acceptors (Lipinski definition) is 1. The van der Waals surface area contributed by atoms with E-state index in [1.54, 1.807) is 0 Å². The molecule has 2 unspecified atom stereocenters. The van der Waals surface area contributed by atoms with Gasteiger partial charge in [0, 0.05) is 5.92 Å². The van der Waals surface area contributed by atoms with Crippen LogP contribution in [-0.2, 0) is 4.79 Å². The second-order valence-electron chi connectivity index (χ2n) is 4.65. The number of hydrogen-bond donors (Lipinski definition) is 0. The lowest BCUT2D eigenvalue weighted by atomic mass is 9.76. The average Bonchev–Trinajstić information content (AvgIpc) is 2.61. The van der Waals surface area contributed by atoms with Crippen LogP contribution in [0.4, 0.5) is 0 Å². The lowest BCUT2D eigenvalue weighted by Gasteiger charge is -2.28. The SMILES string of the molecule is O=C1C=C2CCCC23CCC1C3. The molecule has 0 saturated heterocycles. The van der Waals surface area contributed by atoms with Crippen molar-refractivity contribution in [3.8, 4) is 0 Å². The second kappa shape index (κ2) is 2.01. The largest absolute Gasteiger partial charge is 0.295 e. The van der Waals surface area contributed by atoms with Gasteiger partial charge >= 0.3 is 0 Å². The molecule has 2 bridgehead atoms. The van der Waals surface area contributed by atoms with Crippen LogP contribution in [-0.4, -0.2) is 5.78 Å². The lowest BCUT2D eigenvalue weighted by molar-refractivity contribution is -0.118. The van der Waals surface area contributed by atoms with Crippen molar-refractivity contribution in [1.29, 1.82) is 0 Å². The summed E-state index contributed by atoms with van der Waals surface area (Å²) in [6.07, 6.45) is 9.53. The highest BCUT2D eigenvalue weighted by Gasteiger charge is 2.49. The molecule has 3 aliphatic rings. The minimum Gasteiger partial charge on any atom is -0.295 e. The van der Waals surface area contributed by atoms with Gasteiger partial charge in [0.2, 0.25) is 0 Å². The number of allylic oxidation sites excluding steroid dienone is 2. The van der Waals surface area contributed by atoms with Gasteiger partial charge in [-0.3, -0.25) is 4.79 Å². The van der Waals surface area contributed by atoms with E-state index < -0.39 is 0 Å². The van der Waals surface area contributed by atoms with Gasteiger partial charge in [-0.15, -0.1) is 0 Å². The first kappa shape index (κ1) is 6.88. The van der Waals surface area contributed by atoms with Crippen LogP contribution in [0.25, 0.3) is 0 Å². The van der Waals surface area contributed by atoms with Crippen molar-refractivity contribution in [2.75, 3.05) is 0 Å². The summed E-state index contributed by atoms with van der Waals surface area (Å²) in [7, 11) is 0. The third-order valence-corrected chi connectivity index (χ3v) is 4.11. The first-order valence-corrected chi connectivity index (χ1v) is 5.05. The summed E-state index contributed by atoms with van der Waals surface area (Å²) in [4.78, 5) is 11.5. The smallest absolute Gasteiger partial charge is 0.158 e. The number of carbonyl (C=O) groups excluding carboxylic acids is 1. The average molecular weight is 162 g/mol. The van der Waals surface area contributed by atoms with Gasteiger partial charge in [-0.1, -0.05) is 5.57 Å². The topological polar surface area (TPSA) is 17.1 Å². The van der Waals surface area contributed by atoms with E-state index in [0.717, 1.165) is 0 Å². The maximum Gasteiger partial charge on any atom is 0.158 e. The lowest BCUT2D eigenvalue weighted by Crippen LogP contribution is -2.22. The van der Waals surface area contributed by atoms with Gasteiger partial charge in [0.1, 0.15) is 0 Å². The molecule has 12 heavy (non-hydrogen) atoms. The van der Waals surface area contributed by atoms with Gasteiger partial charge in [-0.25, -0.2) is 0 Å². The Bertz CT molecular complexity index is 277. The van der Waals surface area contributed by atoms with Crippen LogP contribution in [0.3, 0.4) is 0 Å².